The number of allylic oxidation sites excluding steroid dienone is 1. The van der Waals surface area contributed by atoms with Crippen LogP contribution in [0.1, 0.15) is 19.7 Å². The van der Waals surface area contributed by atoms with Crippen LogP contribution < -0.4 is 11.5 Å². The van der Waals surface area contributed by atoms with Crippen LogP contribution in [0.25, 0.3) is 0 Å². The number of ether oxygens (including phenoxy) is 1. The first kappa shape index (κ1) is 11.9. The molecule has 7 nitrogen and oxygen atoms in total. The van der Waals surface area contributed by atoms with Crippen LogP contribution in [0, 0.1) is 0 Å². The summed E-state index contributed by atoms with van der Waals surface area (Å²) >= 11 is 0. The Morgan fingerprint density at radius 1 is 1.25 bits per heavy atom. The number of carbonyl (C=O) groups is 1. The standard InChI is InChI=1S/C9H13N5O2/c1-5(2)3-7(15)16-4-6-12-8(10)14-9(11)13-6/h3H,4H2,1-2H3,(H4,10,11,12,13,14). The van der Waals surface area contributed by atoms with Gasteiger partial charge in [0.1, 0.15) is 0 Å². The second-order valence-corrected chi connectivity index (χ2v) is 3.30. The molecule has 0 atom stereocenters. The molecule has 1 heterocycles. The highest BCUT2D eigenvalue weighted by atomic mass is 16.5. The minimum absolute atomic E-state index is 0.000707. The molecule has 86 valence electrons. The van der Waals surface area contributed by atoms with Gasteiger partial charge in [0.15, 0.2) is 12.4 Å². The number of nitrogen functional groups attached to an aromatic ring is 2. The summed E-state index contributed by atoms with van der Waals surface area (Å²) in [6.45, 7) is 3.50. The summed E-state index contributed by atoms with van der Waals surface area (Å²) in [5.41, 5.74) is 11.6. The molecule has 16 heavy (non-hydrogen) atoms. The molecule has 0 aromatic carbocycles. The molecular formula is C9H13N5O2. The van der Waals surface area contributed by atoms with Crippen LogP contribution in [0.4, 0.5) is 11.9 Å². The van der Waals surface area contributed by atoms with Gasteiger partial charge in [-0.2, -0.15) is 15.0 Å². The first-order chi connectivity index (χ1) is 7.47. The van der Waals surface area contributed by atoms with Crippen molar-refractivity contribution in [2.45, 2.75) is 20.5 Å². The van der Waals surface area contributed by atoms with E-state index in [1.54, 1.807) is 13.8 Å². The smallest absolute Gasteiger partial charge is 0.331 e. The van der Waals surface area contributed by atoms with E-state index in [9.17, 15) is 4.79 Å². The highest BCUT2D eigenvalue weighted by Gasteiger charge is 2.04. The zero-order valence-electron chi connectivity index (χ0n) is 9.10. The van der Waals surface area contributed by atoms with E-state index in [-0.39, 0.29) is 24.3 Å². The lowest BCUT2D eigenvalue weighted by molar-refractivity contribution is -0.139. The van der Waals surface area contributed by atoms with E-state index in [1.165, 1.54) is 6.08 Å². The molecule has 4 N–H and O–H groups in total. The topological polar surface area (TPSA) is 117 Å². The van der Waals surface area contributed by atoms with Gasteiger partial charge < -0.3 is 16.2 Å². The van der Waals surface area contributed by atoms with Gasteiger partial charge in [-0.05, 0) is 13.8 Å². The van der Waals surface area contributed by atoms with Crippen LogP contribution in [0.2, 0.25) is 0 Å². The Bertz CT molecular complexity index is 406. The molecule has 0 saturated carbocycles. The average Bonchev–Trinajstić information content (AvgIpc) is 2.12. The third-order valence-corrected chi connectivity index (χ3v) is 1.47. The lowest BCUT2D eigenvalue weighted by Gasteiger charge is -2.02. The number of rotatable bonds is 3. The van der Waals surface area contributed by atoms with E-state index in [4.69, 9.17) is 16.2 Å². The van der Waals surface area contributed by atoms with Gasteiger partial charge >= 0.3 is 5.97 Å². The second kappa shape index (κ2) is 5.06. The fraction of sp³-hybridized carbons (Fsp3) is 0.333. The summed E-state index contributed by atoms with van der Waals surface area (Å²) in [6.07, 6.45) is 1.37. The molecule has 1 aromatic rings. The van der Waals surface area contributed by atoms with Gasteiger partial charge in [0.25, 0.3) is 0 Å². The van der Waals surface area contributed by atoms with Crippen molar-refractivity contribution in [1.29, 1.82) is 0 Å². The van der Waals surface area contributed by atoms with E-state index in [0.717, 1.165) is 5.57 Å². The Morgan fingerprint density at radius 2 is 1.81 bits per heavy atom. The summed E-state index contributed by atoms with van der Waals surface area (Å²) in [6, 6.07) is 0. The zero-order chi connectivity index (χ0) is 12.1. The van der Waals surface area contributed by atoms with Crippen LogP contribution in [0.5, 0.6) is 0 Å². The predicted molar refractivity (Wildman–Crippen MR) is 57.9 cm³/mol. The Morgan fingerprint density at radius 3 is 2.31 bits per heavy atom. The molecule has 0 fully saturated rings. The van der Waals surface area contributed by atoms with E-state index in [2.05, 4.69) is 15.0 Å². The van der Waals surface area contributed by atoms with Crippen molar-refractivity contribution in [2.24, 2.45) is 0 Å². The van der Waals surface area contributed by atoms with Gasteiger partial charge in [0.05, 0.1) is 0 Å². The van der Waals surface area contributed by atoms with Crippen molar-refractivity contribution in [3.63, 3.8) is 0 Å². The third-order valence-electron chi connectivity index (χ3n) is 1.47. The van der Waals surface area contributed by atoms with Crippen LogP contribution in [0.15, 0.2) is 11.6 Å². The number of esters is 1. The van der Waals surface area contributed by atoms with E-state index < -0.39 is 5.97 Å². The highest BCUT2D eigenvalue weighted by molar-refractivity contribution is 5.82. The Labute approximate surface area is 92.5 Å². The quantitative estimate of drug-likeness (QED) is 0.549. The zero-order valence-corrected chi connectivity index (χ0v) is 9.10. The van der Waals surface area contributed by atoms with Gasteiger partial charge in [-0.3, -0.25) is 0 Å². The van der Waals surface area contributed by atoms with Gasteiger partial charge in [-0.1, -0.05) is 5.57 Å². The fourth-order valence-electron chi connectivity index (χ4n) is 0.934. The Kier molecular flexibility index (Phi) is 3.76. The molecule has 0 aliphatic rings. The van der Waals surface area contributed by atoms with Gasteiger partial charge in [-0.15, -0.1) is 0 Å². The largest absolute Gasteiger partial charge is 0.454 e. The number of aromatic nitrogens is 3. The van der Waals surface area contributed by atoms with Gasteiger partial charge in [0.2, 0.25) is 11.9 Å². The molecule has 0 saturated heterocycles. The summed E-state index contributed by atoms with van der Waals surface area (Å²) in [5.74, 6) is -0.236. The Hall–Kier alpha value is -2.18. The van der Waals surface area contributed by atoms with Crippen molar-refractivity contribution >= 4 is 17.9 Å². The Balaban J connectivity index is 2.61. The maximum Gasteiger partial charge on any atom is 0.331 e. The van der Waals surface area contributed by atoms with Crippen LogP contribution in [-0.4, -0.2) is 20.9 Å². The van der Waals surface area contributed by atoms with Gasteiger partial charge in [-0.25, -0.2) is 4.79 Å². The van der Waals surface area contributed by atoms with E-state index in [1.807, 2.05) is 0 Å². The predicted octanol–water partition coefficient (Wildman–Crippen LogP) is 0.0454. The number of nitrogens with zero attached hydrogens (tertiary/aromatic N) is 3. The van der Waals surface area contributed by atoms with Crippen molar-refractivity contribution in [2.75, 3.05) is 11.5 Å². The van der Waals surface area contributed by atoms with Crippen molar-refractivity contribution in [3.05, 3.63) is 17.5 Å². The van der Waals surface area contributed by atoms with Crippen LogP contribution in [0.3, 0.4) is 0 Å². The van der Waals surface area contributed by atoms with E-state index in [0.29, 0.717) is 0 Å². The molecule has 0 aliphatic heterocycles. The SMILES string of the molecule is CC(C)=CC(=O)OCc1nc(N)nc(N)n1. The molecule has 0 aliphatic carbocycles. The maximum absolute atomic E-state index is 11.2. The number of anilines is 2. The maximum atomic E-state index is 11.2. The normalized spacial score (nSPS) is 9.62. The monoisotopic (exact) mass is 223 g/mol. The molecule has 0 bridgehead atoms. The van der Waals surface area contributed by atoms with Crippen molar-refractivity contribution in [3.8, 4) is 0 Å². The fourth-order valence-corrected chi connectivity index (χ4v) is 0.934. The minimum atomic E-state index is -0.461. The summed E-state index contributed by atoms with van der Waals surface area (Å²) in [7, 11) is 0. The highest BCUT2D eigenvalue weighted by Crippen LogP contribution is 2.01. The molecule has 0 radical (unpaired) electrons. The van der Waals surface area contributed by atoms with Crippen molar-refractivity contribution < 1.29 is 9.53 Å². The summed E-state index contributed by atoms with van der Waals surface area (Å²) in [4.78, 5) is 22.3. The average molecular weight is 223 g/mol. The van der Waals surface area contributed by atoms with Crippen LogP contribution >= 0.6 is 0 Å². The first-order valence-corrected chi connectivity index (χ1v) is 4.55. The molecule has 0 spiro atoms. The lowest BCUT2D eigenvalue weighted by atomic mass is 10.3. The molecule has 0 unspecified atom stereocenters. The summed E-state index contributed by atoms with van der Waals surface area (Å²) < 4.78 is 4.87. The first-order valence-electron chi connectivity index (χ1n) is 4.55. The number of nitrogens with two attached hydrogens (primary N) is 2. The van der Waals surface area contributed by atoms with Crippen molar-refractivity contribution in [1.82, 2.24) is 15.0 Å². The molecule has 0 amide bonds. The molecular weight excluding hydrogens is 210 g/mol. The molecule has 7 heteroatoms. The number of hydrogen-bond acceptors (Lipinski definition) is 7. The second-order valence-electron chi connectivity index (χ2n) is 3.30. The minimum Gasteiger partial charge on any atom is -0.454 e. The van der Waals surface area contributed by atoms with Gasteiger partial charge in [0, 0.05) is 6.08 Å². The van der Waals surface area contributed by atoms with Crippen LogP contribution in [-0.2, 0) is 16.1 Å². The molecule has 1 aromatic heterocycles. The number of hydrogen-bond donors (Lipinski definition) is 2. The summed E-state index contributed by atoms with van der Waals surface area (Å²) in [5, 5.41) is 0. The number of carbonyl (C=O) groups excluding carboxylic acids is 1. The lowest BCUT2D eigenvalue weighted by Crippen LogP contribution is -2.10. The molecule has 1 rings (SSSR count). The third kappa shape index (κ3) is 3.91. The van der Waals surface area contributed by atoms with E-state index >= 15 is 0 Å².